The Morgan fingerprint density at radius 3 is 2.94 bits per heavy atom. The molecule has 3 N–H and O–H groups in total. The van der Waals surface area contributed by atoms with Crippen LogP contribution in [-0.2, 0) is 0 Å². The number of nitrogen functional groups attached to an aromatic ring is 1. The summed E-state index contributed by atoms with van der Waals surface area (Å²) in [5.74, 6) is 5.07. The monoisotopic (exact) mass is 267 g/mol. The van der Waals surface area contributed by atoms with Crippen molar-refractivity contribution in [3.63, 3.8) is 0 Å². The Balaban J connectivity index is 2.90. The summed E-state index contributed by atoms with van der Waals surface area (Å²) in [5.41, 5.74) is 2.71. The van der Waals surface area contributed by atoms with E-state index >= 15 is 0 Å². The zero-order valence-corrected chi connectivity index (χ0v) is 10.9. The van der Waals surface area contributed by atoms with Crippen LogP contribution in [0.15, 0.2) is 12.1 Å². The molecule has 96 valence electrons. The number of anilines is 1. The van der Waals surface area contributed by atoms with Gasteiger partial charge in [-0.25, -0.2) is 10.8 Å². The van der Waals surface area contributed by atoms with Crippen molar-refractivity contribution in [2.45, 2.75) is 6.92 Å². The molecule has 1 unspecified atom stereocenters. The predicted octanol–water partition coefficient (Wildman–Crippen LogP) is 1.25. The van der Waals surface area contributed by atoms with Crippen molar-refractivity contribution in [2.75, 3.05) is 19.0 Å². The molecule has 0 saturated heterocycles. The van der Waals surface area contributed by atoms with E-state index in [0.717, 1.165) is 0 Å². The number of nitrogens with zero attached hydrogens (tertiary/aromatic N) is 3. The van der Waals surface area contributed by atoms with Gasteiger partial charge in [0.15, 0.2) is 0 Å². The van der Waals surface area contributed by atoms with Crippen LogP contribution in [0.5, 0.6) is 0 Å². The number of nitriles is 1. The minimum atomic E-state index is -0.238. The molecule has 0 fully saturated rings. The Kier molecular flexibility index (Phi) is 4.89. The molecular weight excluding hydrogens is 254 g/mol. The number of nitrogens with one attached hydrogen (secondary N) is 1. The third-order valence-electron chi connectivity index (χ3n) is 2.30. The summed E-state index contributed by atoms with van der Waals surface area (Å²) in [6.07, 6.45) is 0. The van der Waals surface area contributed by atoms with E-state index in [4.69, 9.17) is 22.7 Å². The van der Waals surface area contributed by atoms with Gasteiger partial charge >= 0.3 is 0 Å². The Morgan fingerprint density at radius 1 is 1.72 bits per heavy atom. The van der Waals surface area contributed by atoms with Crippen molar-refractivity contribution in [3.8, 4) is 6.07 Å². The zero-order valence-electron chi connectivity index (χ0n) is 10.1. The Morgan fingerprint density at radius 2 is 2.39 bits per heavy atom. The molecular formula is C11H14ClN5O. The molecule has 0 aromatic carbocycles. The number of hydrazine groups is 1. The van der Waals surface area contributed by atoms with E-state index in [1.807, 2.05) is 0 Å². The average Bonchev–Trinajstić information content (AvgIpc) is 2.36. The molecule has 0 aliphatic rings. The minimum absolute atomic E-state index is 0.176. The van der Waals surface area contributed by atoms with E-state index in [9.17, 15) is 4.79 Å². The number of hydrogen-bond acceptors (Lipinski definition) is 5. The standard InChI is InChI=1S/C11H14ClN5O/c1-7(5-13)6-17(2)11(18)8-3-9(12)15-10(4-8)16-14/h3-4,7H,6,14H2,1-2H3,(H,15,16). The Bertz CT molecular complexity index is 485. The predicted molar refractivity (Wildman–Crippen MR) is 68.8 cm³/mol. The second-order valence-corrected chi connectivity index (χ2v) is 4.31. The lowest BCUT2D eigenvalue weighted by Crippen LogP contribution is -2.30. The summed E-state index contributed by atoms with van der Waals surface area (Å²) in [7, 11) is 1.63. The highest BCUT2D eigenvalue weighted by atomic mass is 35.5. The fourth-order valence-corrected chi connectivity index (χ4v) is 1.66. The third kappa shape index (κ3) is 3.58. The minimum Gasteiger partial charge on any atom is -0.340 e. The first-order chi connectivity index (χ1) is 8.47. The second-order valence-electron chi connectivity index (χ2n) is 3.92. The fourth-order valence-electron chi connectivity index (χ4n) is 1.45. The highest BCUT2D eigenvalue weighted by Gasteiger charge is 2.15. The van der Waals surface area contributed by atoms with Gasteiger partial charge in [0, 0.05) is 19.2 Å². The first kappa shape index (κ1) is 14.2. The van der Waals surface area contributed by atoms with Crippen molar-refractivity contribution in [1.82, 2.24) is 9.88 Å². The molecule has 0 radical (unpaired) electrons. The maximum absolute atomic E-state index is 12.1. The van der Waals surface area contributed by atoms with Gasteiger partial charge in [0.1, 0.15) is 11.0 Å². The third-order valence-corrected chi connectivity index (χ3v) is 2.50. The lowest BCUT2D eigenvalue weighted by molar-refractivity contribution is 0.0785. The van der Waals surface area contributed by atoms with Gasteiger partial charge in [-0.1, -0.05) is 11.6 Å². The maximum atomic E-state index is 12.1. The van der Waals surface area contributed by atoms with Crippen molar-refractivity contribution in [2.24, 2.45) is 11.8 Å². The molecule has 0 saturated carbocycles. The second kappa shape index (κ2) is 6.19. The van der Waals surface area contributed by atoms with Gasteiger partial charge in [-0.15, -0.1) is 0 Å². The molecule has 1 amide bonds. The molecule has 1 aromatic rings. The van der Waals surface area contributed by atoms with E-state index < -0.39 is 0 Å². The molecule has 7 heteroatoms. The molecule has 0 aliphatic carbocycles. The van der Waals surface area contributed by atoms with E-state index in [-0.39, 0.29) is 17.0 Å². The summed E-state index contributed by atoms with van der Waals surface area (Å²) in [6, 6.07) is 5.03. The summed E-state index contributed by atoms with van der Waals surface area (Å²) in [5, 5.41) is 8.89. The van der Waals surface area contributed by atoms with E-state index in [1.165, 1.54) is 17.0 Å². The molecule has 0 spiro atoms. The van der Waals surface area contributed by atoms with E-state index in [2.05, 4.69) is 16.5 Å². The van der Waals surface area contributed by atoms with Crippen LogP contribution in [0.25, 0.3) is 0 Å². The van der Waals surface area contributed by atoms with Gasteiger partial charge in [0.2, 0.25) is 0 Å². The molecule has 1 atom stereocenters. The number of carbonyl (C=O) groups is 1. The van der Waals surface area contributed by atoms with Crippen LogP contribution in [0.2, 0.25) is 5.15 Å². The van der Waals surface area contributed by atoms with Gasteiger partial charge in [0.25, 0.3) is 5.91 Å². The average molecular weight is 268 g/mol. The molecule has 6 nitrogen and oxygen atoms in total. The van der Waals surface area contributed by atoms with Crippen LogP contribution in [-0.4, -0.2) is 29.4 Å². The Labute approximate surface area is 110 Å². The molecule has 1 rings (SSSR count). The van der Waals surface area contributed by atoms with Crippen molar-refractivity contribution in [3.05, 3.63) is 22.8 Å². The van der Waals surface area contributed by atoms with Crippen molar-refractivity contribution >= 4 is 23.3 Å². The number of aromatic nitrogens is 1. The number of hydrogen-bond donors (Lipinski definition) is 2. The first-order valence-corrected chi connectivity index (χ1v) is 5.65. The lowest BCUT2D eigenvalue weighted by Gasteiger charge is -2.18. The van der Waals surface area contributed by atoms with Crippen LogP contribution in [0.1, 0.15) is 17.3 Å². The van der Waals surface area contributed by atoms with E-state index in [1.54, 1.807) is 14.0 Å². The van der Waals surface area contributed by atoms with Crippen LogP contribution in [0.3, 0.4) is 0 Å². The van der Waals surface area contributed by atoms with Crippen molar-refractivity contribution < 1.29 is 4.79 Å². The largest absolute Gasteiger partial charge is 0.340 e. The van der Waals surface area contributed by atoms with Crippen LogP contribution < -0.4 is 11.3 Å². The van der Waals surface area contributed by atoms with Gasteiger partial charge in [-0.2, -0.15) is 5.26 Å². The van der Waals surface area contributed by atoms with E-state index in [0.29, 0.717) is 17.9 Å². The SMILES string of the molecule is CC(C#N)CN(C)C(=O)c1cc(Cl)nc(NN)c1. The number of pyridine rings is 1. The molecule has 1 aromatic heterocycles. The van der Waals surface area contributed by atoms with Crippen LogP contribution in [0.4, 0.5) is 5.82 Å². The van der Waals surface area contributed by atoms with Gasteiger partial charge in [0.05, 0.1) is 12.0 Å². The summed E-state index contributed by atoms with van der Waals surface area (Å²) >= 11 is 5.78. The number of amides is 1. The van der Waals surface area contributed by atoms with Gasteiger partial charge in [-0.05, 0) is 19.1 Å². The van der Waals surface area contributed by atoms with Gasteiger partial charge < -0.3 is 10.3 Å². The Hall–Kier alpha value is -1.84. The number of rotatable bonds is 4. The summed E-state index contributed by atoms with van der Waals surface area (Å²) in [4.78, 5) is 17.4. The first-order valence-electron chi connectivity index (χ1n) is 5.27. The summed E-state index contributed by atoms with van der Waals surface area (Å²) < 4.78 is 0. The normalized spacial score (nSPS) is 11.5. The molecule has 1 heterocycles. The smallest absolute Gasteiger partial charge is 0.253 e. The zero-order chi connectivity index (χ0) is 13.7. The fraction of sp³-hybridized carbons (Fsp3) is 0.364. The quantitative estimate of drug-likeness (QED) is 0.486. The number of carbonyl (C=O) groups excluding carboxylic acids is 1. The lowest BCUT2D eigenvalue weighted by atomic mass is 10.1. The van der Waals surface area contributed by atoms with Gasteiger partial charge in [-0.3, -0.25) is 4.79 Å². The molecule has 0 bridgehead atoms. The van der Waals surface area contributed by atoms with Crippen LogP contribution >= 0.6 is 11.6 Å². The topological polar surface area (TPSA) is 95.0 Å². The number of halogens is 1. The summed E-state index contributed by atoms with van der Waals surface area (Å²) in [6.45, 7) is 2.09. The number of nitrogens with two attached hydrogens (primary N) is 1. The molecule has 18 heavy (non-hydrogen) atoms. The van der Waals surface area contributed by atoms with Crippen LogP contribution in [0, 0.1) is 17.2 Å². The highest BCUT2D eigenvalue weighted by molar-refractivity contribution is 6.29. The van der Waals surface area contributed by atoms with Crippen molar-refractivity contribution in [1.29, 1.82) is 5.26 Å². The maximum Gasteiger partial charge on any atom is 0.253 e. The molecule has 0 aliphatic heterocycles. The highest BCUT2D eigenvalue weighted by Crippen LogP contribution is 2.15.